The molecule has 1 fully saturated rings. The van der Waals surface area contributed by atoms with Crippen molar-refractivity contribution in [1.29, 1.82) is 0 Å². The fraction of sp³-hybridized carbons (Fsp3) is 0.857. The molecule has 0 aliphatic carbocycles. The Kier molecular flexibility index (Phi) is 2.04. The van der Waals surface area contributed by atoms with Gasteiger partial charge in [-0.3, -0.25) is 4.90 Å². The summed E-state index contributed by atoms with van der Waals surface area (Å²) < 4.78 is 4.79. The number of carbonyl (C=O) groups is 1. The Morgan fingerprint density at radius 2 is 2.45 bits per heavy atom. The van der Waals surface area contributed by atoms with Crippen LogP contribution in [-0.4, -0.2) is 41.4 Å². The third kappa shape index (κ3) is 1.18. The van der Waals surface area contributed by atoms with Crippen molar-refractivity contribution in [1.82, 2.24) is 4.90 Å². The fourth-order valence-electron chi connectivity index (χ4n) is 1.24. The molecule has 0 radical (unpaired) electrons. The lowest BCUT2D eigenvalue weighted by molar-refractivity contribution is 0.104. The van der Waals surface area contributed by atoms with Gasteiger partial charge in [0.2, 0.25) is 0 Å². The first-order valence-electron chi connectivity index (χ1n) is 3.69. The first-order chi connectivity index (χ1) is 5.14. The van der Waals surface area contributed by atoms with Gasteiger partial charge in [-0.25, -0.2) is 4.79 Å². The topological polar surface area (TPSA) is 49.8 Å². The van der Waals surface area contributed by atoms with E-state index in [0.29, 0.717) is 6.54 Å². The molecule has 64 valence electrons. The van der Waals surface area contributed by atoms with E-state index in [1.54, 1.807) is 6.92 Å². The lowest BCUT2D eigenvalue weighted by Gasteiger charge is -2.28. The van der Waals surface area contributed by atoms with Crippen molar-refractivity contribution in [2.75, 3.05) is 19.8 Å². The van der Waals surface area contributed by atoms with Gasteiger partial charge in [-0.15, -0.1) is 0 Å². The largest absolute Gasteiger partial charge is 0.447 e. The van der Waals surface area contributed by atoms with Crippen LogP contribution in [0.25, 0.3) is 0 Å². The molecule has 1 N–H and O–H groups in total. The van der Waals surface area contributed by atoms with E-state index in [1.807, 2.05) is 6.92 Å². The fourth-order valence-corrected chi connectivity index (χ4v) is 1.24. The van der Waals surface area contributed by atoms with Crippen LogP contribution in [0.2, 0.25) is 0 Å². The number of cyclic esters (lactones) is 1. The molecule has 1 heterocycles. The first-order valence-corrected chi connectivity index (χ1v) is 3.69. The van der Waals surface area contributed by atoms with Crippen LogP contribution in [0.4, 0.5) is 4.79 Å². The molecule has 0 bridgehead atoms. The van der Waals surface area contributed by atoms with Crippen LogP contribution < -0.4 is 0 Å². The maximum absolute atomic E-state index is 11.0. The van der Waals surface area contributed by atoms with E-state index in [-0.39, 0.29) is 19.3 Å². The maximum Gasteiger partial charge on any atom is 0.410 e. The molecule has 0 aromatic heterocycles. The molecule has 0 aromatic rings. The Bertz CT molecular complexity index is 171. The van der Waals surface area contributed by atoms with Gasteiger partial charge in [0.25, 0.3) is 0 Å². The van der Waals surface area contributed by atoms with Gasteiger partial charge in [-0.1, -0.05) is 0 Å². The average molecular weight is 159 g/mol. The molecular weight excluding hydrogens is 146 g/mol. The van der Waals surface area contributed by atoms with Gasteiger partial charge in [-0.05, 0) is 13.8 Å². The Morgan fingerprint density at radius 3 is 2.82 bits per heavy atom. The monoisotopic (exact) mass is 159 g/mol. The molecular formula is C7H13NO3. The Balaban J connectivity index is 2.75. The van der Waals surface area contributed by atoms with Crippen LogP contribution >= 0.6 is 0 Å². The lowest BCUT2D eigenvalue weighted by Crippen LogP contribution is -2.47. The van der Waals surface area contributed by atoms with Gasteiger partial charge in [-0.2, -0.15) is 0 Å². The van der Waals surface area contributed by atoms with Crippen molar-refractivity contribution in [2.24, 2.45) is 0 Å². The number of amides is 1. The highest BCUT2D eigenvalue weighted by Gasteiger charge is 2.41. The standard InChI is InChI=1S/C7H13NO3/c1-3-8-6(10)11-5-7(8,2)4-9/h9H,3-5H2,1-2H3. The van der Waals surface area contributed by atoms with E-state index in [0.717, 1.165) is 0 Å². The van der Waals surface area contributed by atoms with Crippen LogP contribution in [0.5, 0.6) is 0 Å². The summed E-state index contributed by atoms with van der Waals surface area (Å²) in [7, 11) is 0. The molecule has 1 aliphatic rings. The van der Waals surface area contributed by atoms with Gasteiger partial charge in [0.05, 0.1) is 6.61 Å². The summed E-state index contributed by atoms with van der Waals surface area (Å²) in [6.45, 7) is 4.49. The van der Waals surface area contributed by atoms with Crippen LogP contribution in [-0.2, 0) is 4.74 Å². The highest BCUT2D eigenvalue weighted by atomic mass is 16.6. The maximum atomic E-state index is 11.0. The van der Waals surface area contributed by atoms with E-state index in [2.05, 4.69) is 0 Å². The predicted molar refractivity (Wildman–Crippen MR) is 39.2 cm³/mol. The molecule has 4 nitrogen and oxygen atoms in total. The van der Waals surface area contributed by atoms with Crippen molar-refractivity contribution in [3.05, 3.63) is 0 Å². The number of hydrogen-bond acceptors (Lipinski definition) is 3. The summed E-state index contributed by atoms with van der Waals surface area (Å²) in [5.41, 5.74) is -0.508. The molecule has 1 rings (SSSR count). The summed E-state index contributed by atoms with van der Waals surface area (Å²) in [5, 5.41) is 8.97. The van der Waals surface area contributed by atoms with E-state index >= 15 is 0 Å². The van der Waals surface area contributed by atoms with E-state index in [9.17, 15) is 4.79 Å². The minimum absolute atomic E-state index is 0.0490. The minimum atomic E-state index is -0.508. The number of likely N-dealkylation sites (N-methyl/N-ethyl adjacent to an activating group) is 1. The second kappa shape index (κ2) is 2.70. The number of hydrogen-bond donors (Lipinski definition) is 1. The van der Waals surface area contributed by atoms with Gasteiger partial charge >= 0.3 is 6.09 Å². The quantitative estimate of drug-likeness (QED) is 0.626. The second-order valence-corrected chi connectivity index (χ2v) is 2.95. The number of aliphatic hydroxyl groups is 1. The van der Waals surface area contributed by atoms with Crippen LogP contribution in [0, 0.1) is 0 Å². The van der Waals surface area contributed by atoms with Crippen molar-refractivity contribution in [3.63, 3.8) is 0 Å². The van der Waals surface area contributed by atoms with Crippen molar-refractivity contribution < 1.29 is 14.6 Å². The van der Waals surface area contributed by atoms with Crippen molar-refractivity contribution in [2.45, 2.75) is 19.4 Å². The van der Waals surface area contributed by atoms with E-state index < -0.39 is 5.54 Å². The molecule has 11 heavy (non-hydrogen) atoms. The van der Waals surface area contributed by atoms with Gasteiger partial charge in [0, 0.05) is 6.54 Å². The average Bonchev–Trinajstić information content (AvgIpc) is 2.29. The predicted octanol–water partition coefficient (Wildman–Crippen LogP) is 0.210. The summed E-state index contributed by atoms with van der Waals surface area (Å²) in [5.74, 6) is 0. The third-order valence-electron chi connectivity index (χ3n) is 2.04. The Hall–Kier alpha value is -0.770. The zero-order valence-electron chi connectivity index (χ0n) is 6.83. The number of nitrogens with zero attached hydrogens (tertiary/aromatic N) is 1. The highest BCUT2D eigenvalue weighted by molar-refractivity contribution is 5.71. The van der Waals surface area contributed by atoms with Crippen molar-refractivity contribution in [3.8, 4) is 0 Å². The summed E-state index contributed by atoms with van der Waals surface area (Å²) >= 11 is 0. The first kappa shape index (κ1) is 8.33. The zero-order valence-corrected chi connectivity index (χ0v) is 6.83. The summed E-state index contributed by atoms with van der Waals surface area (Å²) in [6.07, 6.45) is -0.330. The molecule has 1 saturated heterocycles. The summed E-state index contributed by atoms with van der Waals surface area (Å²) in [4.78, 5) is 12.5. The van der Waals surface area contributed by atoms with E-state index in [4.69, 9.17) is 9.84 Å². The van der Waals surface area contributed by atoms with E-state index in [1.165, 1.54) is 4.90 Å². The number of aliphatic hydroxyl groups excluding tert-OH is 1. The molecule has 4 heteroatoms. The molecule has 0 aromatic carbocycles. The van der Waals surface area contributed by atoms with Crippen LogP contribution in [0.1, 0.15) is 13.8 Å². The smallest absolute Gasteiger partial charge is 0.410 e. The molecule has 0 saturated carbocycles. The molecule has 0 spiro atoms. The lowest BCUT2D eigenvalue weighted by atomic mass is 10.0. The highest BCUT2D eigenvalue weighted by Crippen LogP contribution is 2.22. The molecule has 1 amide bonds. The number of carbonyl (C=O) groups excluding carboxylic acids is 1. The summed E-state index contributed by atoms with van der Waals surface area (Å²) in [6, 6.07) is 0. The zero-order chi connectivity index (χ0) is 8.48. The van der Waals surface area contributed by atoms with Crippen LogP contribution in [0.15, 0.2) is 0 Å². The second-order valence-electron chi connectivity index (χ2n) is 2.95. The van der Waals surface area contributed by atoms with Gasteiger partial charge < -0.3 is 9.84 Å². The van der Waals surface area contributed by atoms with Crippen LogP contribution in [0.3, 0.4) is 0 Å². The molecule has 1 unspecified atom stereocenters. The third-order valence-corrected chi connectivity index (χ3v) is 2.04. The van der Waals surface area contributed by atoms with Gasteiger partial charge in [0.1, 0.15) is 12.1 Å². The molecule has 1 aliphatic heterocycles. The molecule has 1 atom stereocenters. The number of rotatable bonds is 2. The number of ether oxygens (including phenoxy) is 1. The van der Waals surface area contributed by atoms with Crippen molar-refractivity contribution >= 4 is 6.09 Å². The Labute approximate surface area is 65.8 Å². The minimum Gasteiger partial charge on any atom is -0.447 e. The SMILES string of the molecule is CCN1C(=O)OCC1(C)CO. The Morgan fingerprint density at radius 1 is 1.82 bits per heavy atom. The normalized spacial score (nSPS) is 30.8. The van der Waals surface area contributed by atoms with Gasteiger partial charge in [0.15, 0.2) is 0 Å².